The summed E-state index contributed by atoms with van der Waals surface area (Å²) in [7, 11) is 0. The highest BCUT2D eigenvalue weighted by molar-refractivity contribution is 7.08. The number of thiophene rings is 1. The fraction of sp³-hybridized carbons (Fsp3) is 0.278. The Balaban J connectivity index is 1.50. The molecule has 3 heterocycles. The van der Waals surface area contributed by atoms with Crippen LogP contribution in [0.15, 0.2) is 39.4 Å². The molecule has 0 radical (unpaired) electrons. The van der Waals surface area contributed by atoms with E-state index in [2.05, 4.69) is 10.2 Å². The molecule has 0 spiro atoms. The summed E-state index contributed by atoms with van der Waals surface area (Å²) >= 11 is 1.55. The summed E-state index contributed by atoms with van der Waals surface area (Å²) < 4.78 is 32.3. The van der Waals surface area contributed by atoms with Crippen LogP contribution in [0.1, 0.15) is 35.0 Å². The molecule has 1 atom stereocenters. The number of benzene rings is 1. The van der Waals surface area contributed by atoms with E-state index < -0.39 is 11.6 Å². The van der Waals surface area contributed by atoms with Gasteiger partial charge in [0, 0.05) is 29.6 Å². The van der Waals surface area contributed by atoms with Gasteiger partial charge in [-0.1, -0.05) is 0 Å². The number of rotatable bonds is 3. The standard InChI is InChI=1S/C18H15F2N3O2S/c19-14-4-3-11(8-15(14)20)18(24)23-6-1-2-12(9-23)16-21-22-17(25-16)13-5-7-26-10-13/h3-5,7-8,10,12H,1-2,6,9H2. The molecule has 0 saturated carbocycles. The number of piperidine rings is 1. The van der Waals surface area contributed by atoms with Crippen LogP contribution in [-0.2, 0) is 0 Å². The fourth-order valence-electron chi connectivity index (χ4n) is 3.08. The van der Waals surface area contributed by atoms with Gasteiger partial charge < -0.3 is 9.32 Å². The smallest absolute Gasteiger partial charge is 0.253 e. The summed E-state index contributed by atoms with van der Waals surface area (Å²) in [6, 6.07) is 5.10. The number of amides is 1. The summed E-state index contributed by atoms with van der Waals surface area (Å²) in [6.07, 6.45) is 1.60. The number of nitrogens with zero attached hydrogens (tertiary/aromatic N) is 3. The van der Waals surface area contributed by atoms with Gasteiger partial charge in [0.15, 0.2) is 11.6 Å². The quantitative estimate of drug-likeness (QED) is 0.692. The summed E-state index contributed by atoms with van der Waals surface area (Å²) in [4.78, 5) is 14.2. The van der Waals surface area contributed by atoms with Gasteiger partial charge in [-0.25, -0.2) is 8.78 Å². The average Bonchev–Trinajstić information content (AvgIpc) is 3.35. The first-order valence-electron chi connectivity index (χ1n) is 8.22. The molecule has 1 aliphatic rings. The van der Waals surface area contributed by atoms with Crippen molar-refractivity contribution >= 4 is 17.2 Å². The minimum absolute atomic E-state index is 0.0714. The van der Waals surface area contributed by atoms with Gasteiger partial charge in [0.2, 0.25) is 11.8 Å². The first-order valence-corrected chi connectivity index (χ1v) is 9.16. The Morgan fingerprint density at radius 3 is 2.88 bits per heavy atom. The molecule has 0 N–H and O–H groups in total. The van der Waals surface area contributed by atoms with Gasteiger partial charge in [-0.2, -0.15) is 11.3 Å². The Hall–Kier alpha value is -2.61. The summed E-state index contributed by atoms with van der Waals surface area (Å²) in [5, 5.41) is 12.1. The number of carbonyl (C=O) groups excluding carboxylic acids is 1. The molecule has 26 heavy (non-hydrogen) atoms. The Morgan fingerprint density at radius 2 is 2.12 bits per heavy atom. The zero-order valence-corrected chi connectivity index (χ0v) is 14.5. The van der Waals surface area contributed by atoms with E-state index >= 15 is 0 Å². The normalized spacial score (nSPS) is 17.5. The van der Waals surface area contributed by atoms with Gasteiger partial charge in [0.1, 0.15) is 0 Å². The van der Waals surface area contributed by atoms with Crippen molar-refractivity contribution in [3.8, 4) is 11.5 Å². The zero-order chi connectivity index (χ0) is 18.1. The maximum atomic E-state index is 13.4. The Bertz CT molecular complexity index is 926. The molecular formula is C18H15F2N3O2S. The lowest BCUT2D eigenvalue weighted by Crippen LogP contribution is -2.39. The lowest BCUT2D eigenvalue weighted by Gasteiger charge is -2.31. The van der Waals surface area contributed by atoms with E-state index in [9.17, 15) is 13.6 Å². The van der Waals surface area contributed by atoms with Crippen LogP contribution in [0.2, 0.25) is 0 Å². The Kier molecular flexibility index (Phi) is 4.50. The van der Waals surface area contributed by atoms with Gasteiger partial charge in [-0.3, -0.25) is 4.79 Å². The number of likely N-dealkylation sites (tertiary alicyclic amines) is 1. The largest absolute Gasteiger partial charge is 0.420 e. The first kappa shape index (κ1) is 16.8. The molecule has 0 aliphatic carbocycles. The van der Waals surface area contributed by atoms with E-state index in [1.165, 1.54) is 6.07 Å². The van der Waals surface area contributed by atoms with Crippen molar-refractivity contribution in [3.63, 3.8) is 0 Å². The van der Waals surface area contributed by atoms with Crippen molar-refractivity contribution in [2.24, 2.45) is 0 Å². The van der Waals surface area contributed by atoms with Gasteiger partial charge in [0.25, 0.3) is 5.91 Å². The second-order valence-corrected chi connectivity index (χ2v) is 6.96. The van der Waals surface area contributed by atoms with E-state index in [-0.39, 0.29) is 17.4 Å². The molecule has 1 unspecified atom stereocenters. The van der Waals surface area contributed by atoms with Crippen LogP contribution in [0.3, 0.4) is 0 Å². The number of hydrogen-bond acceptors (Lipinski definition) is 5. The first-order chi connectivity index (χ1) is 12.6. The number of aromatic nitrogens is 2. The third-order valence-corrected chi connectivity index (χ3v) is 5.12. The Labute approximate surface area is 152 Å². The third kappa shape index (κ3) is 3.24. The summed E-state index contributed by atoms with van der Waals surface area (Å²) in [5.74, 6) is -1.44. The van der Waals surface area contributed by atoms with Gasteiger partial charge >= 0.3 is 0 Å². The van der Waals surface area contributed by atoms with E-state index in [1.54, 1.807) is 16.2 Å². The number of hydrogen-bond donors (Lipinski definition) is 0. The lowest BCUT2D eigenvalue weighted by molar-refractivity contribution is 0.0698. The monoisotopic (exact) mass is 375 g/mol. The molecule has 0 bridgehead atoms. The molecule has 1 aromatic carbocycles. The molecule has 1 amide bonds. The minimum Gasteiger partial charge on any atom is -0.420 e. The summed E-state index contributed by atoms with van der Waals surface area (Å²) in [6.45, 7) is 0.961. The molecule has 1 aliphatic heterocycles. The molecule has 1 saturated heterocycles. The van der Waals surface area contributed by atoms with Crippen molar-refractivity contribution < 1.29 is 18.0 Å². The van der Waals surface area contributed by atoms with Crippen LogP contribution in [0, 0.1) is 11.6 Å². The predicted octanol–water partition coefficient (Wildman–Crippen LogP) is 4.10. The molecule has 2 aromatic heterocycles. The number of carbonyl (C=O) groups is 1. The van der Waals surface area contributed by atoms with Crippen molar-refractivity contribution in [3.05, 3.63) is 58.1 Å². The second kappa shape index (κ2) is 6.95. The van der Waals surface area contributed by atoms with Crippen LogP contribution >= 0.6 is 11.3 Å². The Morgan fingerprint density at radius 1 is 1.23 bits per heavy atom. The molecular weight excluding hydrogens is 360 g/mol. The van der Waals surface area contributed by atoms with Crippen LogP contribution in [0.4, 0.5) is 8.78 Å². The van der Waals surface area contributed by atoms with Crippen molar-refractivity contribution in [2.45, 2.75) is 18.8 Å². The number of halogens is 2. The third-order valence-electron chi connectivity index (χ3n) is 4.43. The minimum atomic E-state index is -1.03. The van der Waals surface area contributed by atoms with Gasteiger partial charge in [0.05, 0.1) is 5.92 Å². The fourth-order valence-corrected chi connectivity index (χ4v) is 3.71. The van der Waals surface area contributed by atoms with Crippen LogP contribution in [0.25, 0.3) is 11.5 Å². The second-order valence-electron chi connectivity index (χ2n) is 6.18. The molecule has 134 valence electrons. The highest BCUT2D eigenvalue weighted by Gasteiger charge is 2.29. The van der Waals surface area contributed by atoms with E-state index in [0.717, 1.165) is 30.5 Å². The zero-order valence-electron chi connectivity index (χ0n) is 13.7. The van der Waals surface area contributed by atoms with E-state index in [4.69, 9.17) is 4.42 Å². The van der Waals surface area contributed by atoms with Gasteiger partial charge in [-0.05, 0) is 42.5 Å². The van der Waals surface area contributed by atoms with Gasteiger partial charge in [-0.15, -0.1) is 10.2 Å². The van der Waals surface area contributed by atoms with Crippen LogP contribution < -0.4 is 0 Å². The molecule has 1 fully saturated rings. The maximum Gasteiger partial charge on any atom is 0.253 e. The van der Waals surface area contributed by atoms with Crippen LogP contribution in [0.5, 0.6) is 0 Å². The highest BCUT2D eigenvalue weighted by atomic mass is 32.1. The molecule has 8 heteroatoms. The lowest BCUT2D eigenvalue weighted by atomic mass is 9.97. The van der Waals surface area contributed by atoms with Crippen LogP contribution in [-0.4, -0.2) is 34.1 Å². The van der Waals surface area contributed by atoms with E-state index in [0.29, 0.717) is 24.9 Å². The predicted molar refractivity (Wildman–Crippen MR) is 91.8 cm³/mol. The average molecular weight is 375 g/mol. The SMILES string of the molecule is O=C(c1ccc(F)c(F)c1)N1CCCC(c2nnc(-c3ccsc3)o2)C1. The maximum absolute atomic E-state index is 13.4. The highest BCUT2D eigenvalue weighted by Crippen LogP contribution is 2.29. The summed E-state index contributed by atoms with van der Waals surface area (Å²) in [5.41, 5.74) is 1.01. The van der Waals surface area contributed by atoms with Crippen molar-refractivity contribution in [1.29, 1.82) is 0 Å². The molecule has 4 rings (SSSR count). The van der Waals surface area contributed by atoms with Crippen molar-refractivity contribution in [1.82, 2.24) is 15.1 Å². The topological polar surface area (TPSA) is 59.2 Å². The molecule has 5 nitrogen and oxygen atoms in total. The molecule has 3 aromatic rings. The van der Waals surface area contributed by atoms with Crippen molar-refractivity contribution in [2.75, 3.05) is 13.1 Å². The van der Waals surface area contributed by atoms with E-state index in [1.807, 2.05) is 16.8 Å².